The number of aliphatic hydroxyl groups excluding tert-OH is 1. The molecule has 1 unspecified atom stereocenters. The van der Waals surface area contributed by atoms with Crippen molar-refractivity contribution < 1.29 is 14.6 Å². The second kappa shape index (κ2) is 7.49. The second-order valence-electron chi connectivity index (χ2n) is 6.02. The van der Waals surface area contributed by atoms with Gasteiger partial charge in [0.2, 0.25) is 0 Å². The number of methoxy groups -OCH3 is 2. The van der Waals surface area contributed by atoms with Crippen molar-refractivity contribution in [1.29, 1.82) is 0 Å². The van der Waals surface area contributed by atoms with Gasteiger partial charge >= 0.3 is 0 Å². The molecule has 0 aliphatic rings. The number of hydrogen-bond acceptors (Lipinski definition) is 4. The highest BCUT2D eigenvalue weighted by Gasteiger charge is 2.32. The highest BCUT2D eigenvalue weighted by Crippen LogP contribution is 2.39. The summed E-state index contributed by atoms with van der Waals surface area (Å²) in [4.78, 5) is 0. The molecule has 0 spiro atoms. The van der Waals surface area contributed by atoms with Gasteiger partial charge in [-0.2, -0.15) is 0 Å². The van der Waals surface area contributed by atoms with Gasteiger partial charge in [0.1, 0.15) is 17.7 Å². The number of hydrogen-bond donors (Lipinski definition) is 2. The molecule has 0 saturated heterocycles. The molecule has 0 heterocycles. The van der Waals surface area contributed by atoms with E-state index in [4.69, 9.17) is 15.2 Å². The van der Waals surface area contributed by atoms with Crippen molar-refractivity contribution in [1.82, 2.24) is 0 Å². The van der Waals surface area contributed by atoms with Crippen LogP contribution in [0.15, 0.2) is 48.5 Å². The Morgan fingerprint density at radius 3 is 2.17 bits per heavy atom. The lowest BCUT2D eigenvalue weighted by Crippen LogP contribution is -2.34. The third kappa shape index (κ3) is 4.03. The highest BCUT2D eigenvalue weighted by molar-refractivity contribution is 5.43. The van der Waals surface area contributed by atoms with Crippen LogP contribution in [0.25, 0.3) is 0 Å². The Morgan fingerprint density at radius 2 is 1.57 bits per heavy atom. The van der Waals surface area contributed by atoms with E-state index in [9.17, 15) is 5.11 Å². The van der Waals surface area contributed by atoms with E-state index >= 15 is 0 Å². The van der Waals surface area contributed by atoms with Crippen molar-refractivity contribution in [2.45, 2.75) is 31.4 Å². The molecular formula is C19H25NO3. The van der Waals surface area contributed by atoms with Crippen LogP contribution in [0.4, 0.5) is 0 Å². The van der Waals surface area contributed by atoms with Crippen LogP contribution >= 0.6 is 0 Å². The number of aliphatic hydroxyl groups is 1. The van der Waals surface area contributed by atoms with E-state index in [0.717, 1.165) is 22.6 Å². The molecule has 4 heteroatoms. The number of para-hydroxylation sites is 2. The lowest BCUT2D eigenvalue weighted by atomic mass is 9.73. The zero-order valence-corrected chi connectivity index (χ0v) is 14.0. The van der Waals surface area contributed by atoms with E-state index in [1.807, 2.05) is 48.5 Å². The van der Waals surface area contributed by atoms with Crippen LogP contribution in [0.3, 0.4) is 0 Å². The average molecular weight is 315 g/mol. The Bertz CT molecular complexity index is 642. The summed E-state index contributed by atoms with van der Waals surface area (Å²) in [5, 5.41) is 9.82. The minimum absolute atomic E-state index is 0.380. The molecule has 2 rings (SSSR count). The molecule has 0 amide bonds. The summed E-state index contributed by atoms with van der Waals surface area (Å²) in [6.07, 6.45) is 0.205. The molecule has 0 radical (unpaired) electrons. The largest absolute Gasteiger partial charge is 0.496 e. The Labute approximate surface area is 137 Å². The molecular weight excluding hydrogens is 290 g/mol. The number of nitrogens with two attached hydrogens (primary N) is 1. The average Bonchev–Trinajstić information content (AvgIpc) is 2.54. The monoisotopic (exact) mass is 315 g/mol. The second-order valence-corrected chi connectivity index (χ2v) is 6.02. The molecule has 2 atom stereocenters. The van der Waals surface area contributed by atoms with Gasteiger partial charge in [0.05, 0.1) is 14.2 Å². The van der Waals surface area contributed by atoms with Gasteiger partial charge in [-0.3, -0.25) is 0 Å². The fraction of sp³-hybridized carbons (Fsp3) is 0.368. The molecule has 4 nitrogen and oxygen atoms in total. The van der Waals surface area contributed by atoms with Gasteiger partial charge in [0.25, 0.3) is 0 Å². The van der Waals surface area contributed by atoms with Gasteiger partial charge in [0.15, 0.2) is 0 Å². The molecule has 0 fully saturated rings. The summed E-state index contributed by atoms with van der Waals surface area (Å²) in [5.74, 6) is 1.63. The maximum Gasteiger partial charge on any atom is 0.122 e. The molecule has 2 aromatic carbocycles. The predicted octanol–water partition coefficient (Wildman–Crippen LogP) is 2.87. The number of ether oxygens (including phenoxy) is 2. The standard InChI is InChI=1S/C19H25NO3/c1-19(13-18(20)21,15-9-5-7-11-17(15)23-3)12-14-8-4-6-10-16(14)22-2/h4-11,18,21H,12-13,20H2,1-3H3/t18-,19?/m1/s1. The summed E-state index contributed by atoms with van der Waals surface area (Å²) in [5.41, 5.74) is 7.43. The first-order valence-corrected chi connectivity index (χ1v) is 7.69. The maximum atomic E-state index is 9.82. The van der Waals surface area contributed by atoms with Crippen LogP contribution in [0.1, 0.15) is 24.5 Å². The molecule has 0 bridgehead atoms. The minimum atomic E-state index is -0.903. The van der Waals surface area contributed by atoms with Crippen molar-refractivity contribution >= 4 is 0 Å². The van der Waals surface area contributed by atoms with Crippen molar-refractivity contribution in [3.8, 4) is 11.5 Å². The van der Waals surface area contributed by atoms with Crippen LogP contribution in [0, 0.1) is 0 Å². The van der Waals surface area contributed by atoms with Crippen molar-refractivity contribution in [2.24, 2.45) is 5.73 Å². The van der Waals surface area contributed by atoms with Gasteiger partial charge in [-0.1, -0.05) is 43.3 Å². The third-order valence-electron chi connectivity index (χ3n) is 4.19. The molecule has 0 aliphatic carbocycles. The molecule has 0 saturated carbocycles. The van der Waals surface area contributed by atoms with E-state index in [-0.39, 0.29) is 5.41 Å². The zero-order chi connectivity index (χ0) is 16.9. The quantitative estimate of drug-likeness (QED) is 0.771. The lowest BCUT2D eigenvalue weighted by molar-refractivity contribution is 0.139. The van der Waals surface area contributed by atoms with Crippen LogP contribution in [-0.2, 0) is 11.8 Å². The molecule has 23 heavy (non-hydrogen) atoms. The van der Waals surface area contributed by atoms with E-state index in [1.165, 1.54) is 0 Å². The van der Waals surface area contributed by atoms with Crippen molar-refractivity contribution in [2.75, 3.05) is 14.2 Å². The first-order valence-electron chi connectivity index (χ1n) is 7.69. The zero-order valence-electron chi connectivity index (χ0n) is 14.0. The topological polar surface area (TPSA) is 64.7 Å². The summed E-state index contributed by atoms with van der Waals surface area (Å²) in [6, 6.07) is 15.8. The first-order chi connectivity index (χ1) is 11.0. The molecule has 0 aromatic heterocycles. The van der Waals surface area contributed by atoms with E-state index in [1.54, 1.807) is 14.2 Å². The predicted molar refractivity (Wildman–Crippen MR) is 91.9 cm³/mol. The Kier molecular flexibility index (Phi) is 5.64. The van der Waals surface area contributed by atoms with Gasteiger partial charge in [-0.15, -0.1) is 0 Å². The van der Waals surface area contributed by atoms with Crippen molar-refractivity contribution in [3.63, 3.8) is 0 Å². The van der Waals surface area contributed by atoms with E-state index < -0.39 is 6.23 Å². The maximum absolute atomic E-state index is 9.82. The van der Waals surface area contributed by atoms with Gasteiger partial charge in [-0.05, 0) is 30.5 Å². The van der Waals surface area contributed by atoms with E-state index in [0.29, 0.717) is 12.8 Å². The molecule has 2 aromatic rings. The van der Waals surface area contributed by atoms with Crippen LogP contribution in [0.2, 0.25) is 0 Å². The number of benzene rings is 2. The van der Waals surface area contributed by atoms with Gasteiger partial charge in [0, 0.05) is 11.0 Å². The van der Waals surface area contributed by atoms with Crippen LogP contribution < -0.4 is 15.2 Å². The Hall–Kier alpha value is -2.04. The lowest BCUT2D eigenvalue weighted by Gasteiger charge is -2.33. The Balaban J connectivity index is 2.47. The fourth-order valence-corrected chi connectivity index (χ4v) is 3.15. The summed E-state index contributed by atoms with van der Waals surface area (Å²) >= 11 is 0. The Morgan fingerprint density at radius 1 is 1.00 bits per heavy atom. The minimum Gasteiger partial charge on any atom is -0.496 e. The smallest absolute Gasteiger partial charge is 0.122 e. The molecule has 0 aliphatic heterocycles. The summed E-state index contributed by atoms with van der Waals surface area (Å²) in [6.45, 7) is 2.09. The van der Waals surface area contributed by atoms with Gasteiger partial charge in [-0.25, -0.2) is 0 Å². The third-order valence-corrected chi connectivity index (χ3v) is 4.19. The SMILES string of the molecule is COc1ccccc1CC(C)(C[C@H](N)O)c1ccccc1OC. The molecule has 124 valence electrons. The molecule has 3 N–H and O–H groups in total. The number of rotatable bonds is 7. The van der Waals surface area contributed by atoms with Gasteiger partial charge < -0.3 is 20.3 Å². The fourth-order valence-electron chi connectivity index (χ4n) is 3.15. The highest BCUT2D eigenvalue weighted by atomic mass is 16.5. The summed E-state index contributed by atoms with van der Waals surface area (Å²) < 4.78 is 11.0. The van der Waals surface area contributed by atoms with E-state index in [2.05, 4.69) is 6.92 Å². The van der Waals surface area contributed by atoms with Crippen molar-refractivity contribution in [3.05, 3.63) is 59.7 Å². The first kappa shape index (κ1) is 17.3. The van der Waals surface area contributed by atoms with Crippen LogP contribution in [0.5, 0.6) is 11.5 Å². The summed E-state index contributed by atoms with van der Waals surface area (Å²) in [7, 11) is 3.32. The normalized spacial score (nSPS) is 14.8. The van der Waals surface area contributed by atoms with Crippen LogP contribution in [-0.4, -0.2) is 25.6 Å².